The van der Waals surface area contributed by atoms with Crippen molar-refractivity contribution in [3.05, 3.63) is 70.7 Å². The van der Waals surface area contributed by atoms with Crippen molar-refractivity contribution in [3.8, 4) is 5.75 Å². The quantitative estimate of drug-likeness (QED) is 0.330. The molecule has 2 amide bonds. The van der Waals surface area contributed by atoms with Crippen LogP contribution in [0.15, 0.2) is 70.2 Å². The summed E-state index contributed by atoms with van der Waals surface area (Å²) in [5.74, 6) is -0.962. The van der Waals surface area contributed by atoms with Gasteiger partial charge in [-0.2, -0.15) is 5.10 Å². The zero-order valence-corrected chi connectivity index (χ0v) is 15.7. The van der Waals surface area contributed by atoms with Crippen LogP contribution in [-0.4, -0.2) is 23.1 Å². The van der Waals surface area contributed by atoms with Gasteiger partial charge in [-0.05, 0) is 44.9 Å². The Hall–Kier alpha value is -3.19. The van der Waals surface area contributed by atoms with Gasteiger partial charge in [0.15, 0.2) is 0 Å². The molecule has 0 unspecified atom stereocenters. The molecule has 0 heterocycles. The van der Waals surface area contributed by atoms with E-state index in [0.717, 1.165) is 15.2 Å². The molecule has 0 aliphatic rings. The summed E-state index contributed by atoms with van der Waals surface area (Å²) in [5, 5.41) is 18.3. The van der Waals surface area contributed by atoms with E-state index in [0.29, 0.717) is 11.3 Å². The molecule has 0 saturated carbocycles. The number of nitrogens with zero attached hydrogens (tertiary/aromatic N) is 1. The van der Waals surface area contributed by atoms with Crippen LogP contribution in [0.25, 0.3) is 10.8 Å². The number of amides is 2. The van der Waals surface area contributed by atoms with E-state index in [4.69, 9.17) is 0 Å². The van der Waals surface area contributed by atoms with Crippen molar-refractivity contribution < 1.29 is 14.7 Å². The Kier molecular flexibility index (Phi) is 5.83. The maximum Gasteiger partial charge on any atom is 0.249 e. The molecular formula is C20H16BrN3O3. The van der Waals surface area contributed by atoms with Crippen molar-refractivity contribution in [3.63, 3.8) is 0 Å². The monoisotopic (exact) mass is 425 g/mol. The lowest BCUT2D eigenvalue weighted by molar-refractivity contribution is -0.126. The molecule has 0 spiro atoms. The van der Waals surface area contributed by atoms with E-state index in [2.05, 4.69) is 31.8 Å². The van der Waals surface area contributed by atoms with Gasteiger partial charge in [0.05, 0.1) is 11.9 Å². The van der Waals surface area contributed by atoms with Gasteiger partial charge in [-0.1, -0.05) is 42.5 Å². The number of phenols is 1. The van der Waals surface area contributed by atoms with Gasteiger partial charge >= 0.3 is 0 Å². The van der Waals surface area contributed by atoms with E-state index in [-0.39, 0.29) is 12.2 Å². The van der Waals surface area contributed by atoms with Gasteiger partial charge in [-0.3, -0.25) is 9.59 Å². The Balaban J connectivity index is 1.62. The summed E-state index contributed by atoms with van der Waals surface area (Å²) in [5.41, 5.74) is 3.38. The van der Waals surface area contributed by atoms with Crippen LogP contribution in [0.3, 0.4) is 0 Å². The zero-order valence-electron chi connectivity index (χ0n) is 14.1. The topological polar surface area (TPSA) is 90.8 Å². The third-order valence-corrected chi connectivity index (χ3v) is 4.49. The maximum absolute atomic E-state index is 12.0. The fraction of sp³-hybridized carbons (Fsp3) is 0.0500. The molecule has 0 saturated heterocycles. The van der Waals surface area contributed by atoms with E-state index in [1.54, 1.807) is 30.3 Å². The van der Waals surface area contributed by atoms with E-state index in [1.807, 2.05) is 30.3 Å². The third kappa shape index (κ3) is 4.71. The highest BCUT2D eigenvalue weighted by molar-refractivity contribution is 9.10. The number of fused-ring (bicyclic) bond motifs is 1. The van der Waals surface area contributed by atoms with Gasteiger partial charge in [0, 0.05) is 10.0 Å². The van der Waals surface area contributed by atoms with Crippen molar-refractivity contribution in [2.75, 3.05) is 5.32 Å². The lowest BCUT2D eigenvalue weighted by Gasteiger charge is -2.06. The number of phenolic OH excluding ortho intramolecular Hbond substituents is 1. The number of hydrazone groups is 1. The van der Waals surface area contributed by atoms with Crippen LogP contribution in [0.4, 0.5) is 5.69 Å². The number of hydrogen-bond acceptors (Lipinski definition) is 4. The Morgan fingerprint density at radius 3 is 2.56 bits per heavy atom. The van der Waals surface area contributed by atoms with Gasteiger partial charge in [0.1, 0.15) is 12.2 Å². The van der Waals surface area contributed by atoms with Gasteiger partial charge in [0.2, 0.25) is 11.8 Å². The van der Waals surface area contributed by atoms with Crippen molar-refractivity contribution in [2.24, 2.45) is 5.10 Å². The number of halogens is 1. The molecular weight excluding hydrogens is 410 g/mol. The normalized spacial score (nSPS) is 10.9. The number of benzene rings is 3. The van der Waals surface area contributed by atoms with Crippen molar-refractivity contribution in [1.82, 2.24) is 5.43 Å². The Labute approximate surface area is 164 Å². The molecule has 6 nitrogen and oxygen atoms in total. The number of aromatic hydroxyl groups is 1. The second kappa shape index (κ2) is 8.46. The van der Waals surface area contributed by atoms with Gasteiger partial charge in [-0.25, -0.2) is 5.43 Å². The van der Waals surface area contributed by atoms with E-state index in [1.165, 1.54) is 6.21 Å². The van der Waals surface area contributed by atoms with Crippen molar-refractivity contribution in [2.45, 2.75) is 6.42 Å². The van der Waals surface area contributed by atoms with Gasteiger partial charge in [0.25, 0.3) is 0 Å². The molecule has 0 radical (unpaired) electrons. The lowest BCUT2D eigenvalue weighted by Crippen LogP contribution is -2.24. The van der Waals surface area contributed by atoms with Crippen LogP contribution in [-0.2, 0) is 9.59 Å². The van der Waals surface area contributed by atoms with E-state index >= 15 is 0 Å². The Morgan fingerprint density at radius 1 is 1.00 bits per heavy atom. The maximum atomic E-state index is 12.0. The molecule has 7 heteroatoms. The number of nitrogens with one attached hydrogen (secondary N) is 2. The smallest absolute Gasteiger partial charge is 0.249 e. The van der Waals surface area contributed by atoms with Gasteiger partial charge in [-0.15, -0.1) is 0 Å². The van der Waals surface area contributed by atoms with Gasteiger partial charge < -0.3 is 10.4 Å². The summed E-state index contributed by atoms with van der Waals surface area (Å²) in [6.45, 7) is 0. The predicted octanol–water partition coefficient (Wildman–Crippen LogP) is 3.79. The number of para-hydroxylation sites is 1. The summed E-state index contributed by atoms with van der Waals surface area (Å²) in [7, 11) is 0. The molecule has 136 valence electrons. The van der Waals surface area contributed by atoms with E-state index in [9.17, 15) is 14.7 Å². The lowest BCUT2D eigenvalue weighted by atomic mass is 10.0. The number of carbonyl (C=O) groups excluding carboxylic acids is 2. The number of rotatable bonds is 5. The summed E-state index contributed by atoms with van der Waals surface area (Å²) >= 11 is 3.32. The minimum Gasteiger partial charge on any atom is -0.507 e. The first-order valence-electron chi connectivity index (χ1n) is 8.11. The minimum atomic E-state index is -0.560. The van der Waals surface area contributed by atoms with Crippen LogP contribution in [0, 0.1) is 0 Å². The highest BCUT2D eigenvalue weighted by Crippen LogP contribution is 2.25. The van der Waals surface area contributed by atoms with Crippen LogP contribution in [0.1, 0.15) is 12.0 Å². The second-order valence-corrected chi connectivity index (χ2v) is 6.57. The number of carbonyl (C=O) groups is 2. The zero-order chi connectivity index (χ0) is 19.2. The second-order valence-electron chi connectivity index (χ2n) is 5.72. The SMILES string of the molecule is O=C(CC(=O)Nc1ccccc1Br)NN=Cc1c(O)ccc2ccccc12. The standard InChI is InChI=1S/C20H16BrN3O3/c21-16-7-3-4-8-17(16)23-19(26)11-20(27)24-22-12-15-14-6-2-1-5-13(14)9-10-18(15)25/h1-10,12,25H,11H2,(H,23,26)(H,24,27). The summed E-state index contributed by atoms with van der Waals surface area (Å²) in [4.78, 5) is 23.9. The predicted molar refractivity (Wildman–Crippen MR) is 109 cm³/mol. The summed E-state index contributed by atoms with van der Waals surface area (Å²) < 4.78 is 0.725. The summed E-state index contributed by atoms with van der Waals surface area (Å²) in [6.07, 6.45) is 0.988. The summed E-state index contributed by atoms with van der Waals surface area (Å²) in [6, 6.07) is 18.0. The molecule has 3 aromatic rings. The first kappa shape index (κ1) is 18.6. The molecule has 0 aliphatic carbocycles. The fourth-order valence-corrected chi connectivity index (χ4v) is 2.91. The molecule has 0 aromatic heterocycles. The van der Waals surface area contributed by atoms with Crippen LogP contribution in [0.2, 0.25) is 0 Å². The first-order valence-corrected chi connectivity index (χ1v) is 8.91. The molecule has 3 rings (SSSR count). The molecule has 3 aromatic carbocycles. The third-order valence-electron chi connectivity index (χ3n) is 3.80. The minimum absolute atomic E-state index is 0.0540. The Bertz CT molecular complexity index is 1030. The van der Waals surface area contributed by atoms with Crippen LogP contribution in [0.5, 0.6) is 5.75 Å². The van der Waals surface area contributed by atoms with Crippen LogP contribution < -0.4 is 10.7 Å². The molecule has 0 bridgehead atoms. The average Bonchev–Trinajstić information content (AvgIpc) is 2.65. The van der Waals surface area contributed by atoms with Crippen LogP contribution >= 0.6 is 15.9 Å². The molecule has 0 aliphatic heterocycles. The highest BCUT2D eigenvalue weighted by Gasteiger charge is 2.10. The molecule has 3 N–H and O–H groups in total. The average molecular weight is 426 g/mol. The fourth-order valence-electron chi connectivity index (χ4n) is 2.53. The highest BCUT2D eigenvalue weighted by atomic mass is 79.9. The number of anilines is 1. The van der Waals surface area contributed by atoms with Crippen molar-refractivity contribution in [1.29, 1.82) is 0 Å². The first-order chi connectivity index (χ1) is 13.0. The van der Waals surface area contributed by atoms with E-state index < -0.39 is 11.8 Å². The largest absolute Gasteiger partial charge is 0.507 e. The molecule has 0 atom stereocenters. The number of hydrogen-bond donors (Lipinski definition) is 3. The molecule has 0 fully saturated rings. The Morgan fingerprint density at radius 2 is 1.74 bits per heavy atom. The molecule has 27 heavy (non-hydrogen) atoms. The van der Waals surface area contributed by atoms with Crippen molar-refractivity contribution >= 4 is 50.4 Å².